The van der Waals surface area contributed by atoms with Gasteiger partial charge in [-0.2, -0.15) is 0 Å². The molecule has 2 heterocycles. The number of carbonyl (C=O) groups excluding carboxylic acids is 1. The number of guanidine groups is 1. The number of nitrogens with zero attached hydrogens (tertiary/aromatic N) is 3. The van der Waals surface area contributed by atoms with Crippen LogP contribution in [0.2, 0.25) is 0 Å². The van der Waals surface area contributed by atoms with Gasteiger partial charge in [0.25, 0.3) is 0 Å². The Kier molecular flexibility index (Phi) is 5.92. The van der Waals surface area contributed by atoms with Gasteiger partial charge in [-0.05, 0) is 57.6 Å². The average molecular weight is 373 g/mol. The fourth-order valence-electron chi connectivity index (χ4n) is 3.81. The molecular formula is C21H32N4O2. The van der Waals surface area contributed by atoms with E-state index in [2.05, 4.69) is 39.5 Å². The monoisotopic (exact) mass is 372 g/mol. The van der Waals surface area contributed by atoms with Gasteiger partial charge in [-0.15, -0.1) is 0 Å². The molecule has 6 heteroatoms. The predicted octanol–water partition coefficient (Wildman–Crippen LogP) is 3.27. The van der Waals surface area contributed by atoms with Crippen LogP contribution in [-0.4, -0.2) is 55.8 Å². The number of hydrogen-bond acceptors (Lipinski definition) is 3. The molecule has 0 saturated carbocycles. The average Bonchev–Trinajstić information content (AvgIpc) is 3.05. The van der Waals surface area contributed by atoms with Crippen LogP contribution in [0, 0.1) is 5.92 Å². The van der Waals surface area contributed by atoms with E-state index in [-0.39, 0.29) is 6.09 Å². The Hall–Kier alpha value is -2.24. The SMILES string of the molecule is CN=C(NCC1CCCN(C(=O)OC(C)(C)C)C1)N1CCc2ccccc21. The van der Waals surface area contributed by atoms with Gasteiger partial charge in [-0.3, -0.25) is 4.99 Å². The van der Waals surface area contributed by atoms with Gasteiger partial charge in [-0.1, -0.05) is 18.2 Å². The Labute approximate surface area is 162 Å². The summed E-state index contributed by atoms with van der Waals surface area (Å²) < 4.78 is 5.53. The number of para-hydroxylation sites is 1. The molecule has 0 aliphatic carbocycles. The van der Waals surface area contributed by atoms with Gasteiger partial charge >= 0.3 is 6.09 Å². The lowest BCUT2D eigenvalue weighted by Crippen LogP contribution is -2.48. The third-order valence-corrected chi connectivity index (χ3v) is 5.07. The molecule has 0 spiro atoms. The van der Waals surface area contributed by atoms with Crippen molar-refractivity contribution in [3.63, 3.8) is 0 Å². The zero-order chi connectivity index (χ0) is 19.4. The highest BCUT2D eigenvalue weighted by molar-refractivity contribution is 5.97. The summed E-state index contributed by atoms with van der Waals surface area (Å²) in [6, 6.07) is 8.50. The second-order valence-electron chi connectivity index (χ2n) is 8.39. The highest BCUT2D eigenvalue weighted by Gasteiger charge is 2.28. The lowest BCUT2D eigenvalue weighted by Gasteiger charge is -2.34. The molecule has 148 valence electrons. The highest BCUT2D eigenvalue weighted by atomic mass is 16.6. The van der Waals surface area contributed by atoms with Gasteiger partial charge in [-0.25, -0.2) is 4.79 Å². The van der Waals surface area contributed by atoms with Crippen LogP contribution in [0.15, 0.2) is 29.3 Å². The van der Waals surface area contributed by atoms with Crippen LogP contribution in [0.25, 0.3) is 0 Å². The molecule has 0 radical (unpaired) electrons. The summed E-state index contributed by atoms with van der Waals surface area (Å²) in [6.45, 7) is 9.00. The van der Waals surface area contributed by atoms with Crippen molar-refractivity contribution in [3.8, 4) is 0 Å². The van der Waals surface area contributed by atoms with Crippen molar-refractivity contribution >= 4 is 17.7 Å². The van der Waals surface area contributed by atoms with Crippen molar-refractivity contribution in [2.75, 3.05) is 38.1 Å². The first-order valence-electron chi connectivity index (χ1n) is 9.91. The van der Waals surface area contributed by atoms with E-state index in [0.29, 0.717) is 5.92 Å². The fourth-order valence-corrected chi connectivity index (χ4v) is 3.81. The van der Waals surface area contributed by atoms with E-state index in [4.69, 9.17) is 4.74 Å². The molecular weight excluding hydrogens is 340 g/mol. The first-order valence-corrected chi connectivity index (χ1v) is 9.91. The molecule has 1 amide bonds. The summed E-state index contributed by atoms with van der Waals surface area (Å²) in [5.74, 6) is 1.32. The van der Waals surface area contributed by atoms with Gasteiger partial charge in [0.05, 0.1) is 0 Å². The molecule has 0 bridgehead atoms. The van der Waals surface area contributed by atoms with Crippen LogP contribution in [0.1, 0.15) is 39.2 Å². The highest BCUT2D eigenvalue weighted by Crippen LogP contribution is 2.27. The van der Waals surface area contributed by atoms with Crippen LogP contribution in [-0.2, 0) is 11.2 Å². The van der Waals surface area contributed by atoms with Crippen LogP contribution >= 0.6 is 0 Å². The largest absolute Gasteiger partial charge is 0.444 e. The number of benzene rings is 1. The van der Waals surface area contributed by atoms with Gasteiger partial charge in [0.15, 0.2) is 5.96 Å². The van der Waals surface area contributed by atoms with Crippen LogP contribution < -0.4 is 10.2 Å². The van der Waals surface area contributed by atoms with E-state index in [1.165, 1.54) is 11.3 Å². The number of anilines is 1. The lowest BCUT2D eigenvalue weighted by molar-refractivity contribution is 0.0168. The number of aliphatic imine (C=N–C) groups is 1. The topological polar surface area (TPSA) is 57.2 Å². The van der Waals surface area contributed by atoms with Gasteiger partial charge in [0, 0.05) is 38.9 Å². The smallest absolute Gasteiger partial charge is 0.410 e. The van der Waals surface area contributed by atoms with E-state index in [1.807, 2.05) is 32.7 Å². The van der Waals surface area contributed by atoms with Crippen molar-refractivity contribution in [2.45, 2.75) is 45.6 Å². The van der Waals surface area contributed by atoms with Gasteiger partial charge in [0.1, 0.15) is 5.60 Å². The summed E-state index contributed by atoms with van der Waals surface area (Å²) in [6.07, 6.45) is 2.97. The molecule has 1 N–H and O–H groups in total. The van der Waals surface area contributed by atoms with Crippen molar-refractivity contribution in [1.82, 2.24) is 10.2 Å². The molecule has 1 unspecified atom stereocenters. The van der Waals surface area contributed by atoms with E-state index >= 15 is 0 Å². The molecule has 2 aliphatic heterocycles. The standard InChI is InChI=1S/C21H32N4O2/c1-21(2,3)27-20(26)24-12-7-8-16(15-24)14-23-19(22-4)25-13-11-17-9-5-6-10-18(17)25/h5-6,9-10,16H,7-8,11-15H2,1-4H3,(H,22,23). The van der Waals surface area contributed by atoms with Crippen LogP contribution in [0.5, 0.6) is 0 Å². The summed E-state index contributed by atoms with van der Waals surface area (Å²) in [4.78, 5) is 20.9. The molecule has 0 aromatic heterocycles. The molecule has 1 fully saturated rings. The van der Waals surface area contributed by atoms with Gasteiger partial charge in [0.2, 0.25) is 0 Å². The van der Waals surface area contributed by atoms with E-state index in [1.54, 1.807) is 0 Å². The maximum Gasteiger partial charge on any atom is 0.410 e. The third-order valence-electron chi connectivity index (χ3n) is 5.07. The third kappa shape index (κ3) is 4.93. The number of hydrogen-bond donors (Lipinski definition) is 1. The number of ether oxygens (including phenoxy) is 1. The first-order chi connectivity index (χ1) is 12.9. The minimum absolute atomic E-state index is 0.204. The number of amides is 1. The summed E-state index contributed by atoms with van der Waals surface area (Å²) in [5.41, 5.74) is 2.16. The molecule has 1 saturated heterocycles. The maximum atomic E-state index is 12.4. The van der Waals surface area contributed by atoms with Crippen molar-refractivity contribution in [3.05, 3.63) is 29.8 Å². The Morgan fingerprint density at radius 1 is 1.30 bits per heavy atom. The van der Waals surface area contributed by atoms with Crippen LogP contribution in [0.3, 0.4) is 0 Å². The van der Waals surface area contributed by atoms with Gasteiger partial charge < -0.3 is 19.9 Å². The number of rotatable bonds is 2. The minimum Gasteiger partial charge on any atom is -0.444 e. The minimum atomic E-state index is -0.451. The molecule has 27 heavy (non-hydrogen) atoms. The zero-order valence-corrected chi connectivity index (χ0v) is 17.0. The Morgan fingerprint density at radius 3 is 2.81 bits per heavy atom. The normalized spacial score (nSPS) is 20.4. The number of likely N-dealkylation sites (tertiary alicyclic amines) is 1. The lowest BCUT2D eigenvalue weighted by atomic mass is 9.98. The van der Waals surface area contributed by atoms with Crippen molar-refractivity contribution in [1.29, 1.82) is 0 Å². The van der Waals surface area contributed by atoms with Crippen molar-refractivity contribution < 1.29 is 9.53 Å². The molecule has 1 aromatic rings. The Balaban J connectivity index is 1.55. The summed E-state index contributed by atoms with van der Waals surface area (Å²) in [5, 5.41) is 3.53. The summed E-state index contributed by atoms with van der Waals surface area (Å²) >= 11 is 0. The predicted molar refractivity (Wildman–Crippen MR) is 109 cm³/mol. The number of nitrogens with one attached hydrogen (secondary N) is 1. The maximum absolute atomic E-state index is 12.4. The number of fused-ring (bicyclic) bond motifs is 1. The van der Waals surface area contributed by atoms with Crippen molar-refractivity contribution in [2.24, 2.45) is 10.9 Å². The first kappa shape index (κ1) is 19.5. The molecule has 6 nitrogen and oxygen atoms in total. The second kappa shape index (κ2) is 8.19. The second-order valence-corrected chi connectivity index (χ2v) is 8.39. The van der Waals surface area contributed by atoms with Crippen LogP contribution in [0.4, 0.5) is 10.5 Å². The zero-order valence-electron chi connectivity index (χ0n) is 17.0. The summed E-state index contributed by atoms with van der Waals surface area (Å²) in [7, 11) is 1.83. The van der Waals surface area contributed by atoms with E-state index in [0.717, 1.165) is 51.4 Å². The molecule has 1 aromatic carbocycles. The van der Waals surface area contributed by atoms with E-state index < -0.39 is 5.60 Å². The number of piperidine rings is 1. The molecule has 3 rings (SSSR count). The quantitative estimate of drug-likeness (QED) is 0.639. The molecule has 2 aliphatic rings. The Bertz CT molecular complexity index is 696. The van der Waals surface area contributed by atoms with E-state index in [9.17, 15) is 4.79 Å². The molecule has 1 atom stereocenters. The Morgan fingerprint density at radius 2 is 2.07 bits per heavy atom. The fraction of sp³-hybridized carbons (Fsp3) is 0.619. The number of carbonyl (C=O) groups is 1.